The number of aromatic nitrogens is 2. The number of anilines is 1. The van der Waals surface area contributed by atoms with Gasteiger partial charge >= 0.3 is 5.97 Å². The zero-order valence-electron chi connectivity index (χ0n) is 14.6. The molecule has 1 aliphatic rings. The molecule has 0 spiro atoms. The van der Waals surface area contributed by atoms with E-state index in [9.17, 15) is 9.59 Å². The van der Waals surface area contributed by atoms with Gasteiger partial charge in [0.2, 0.25) is 5.91 Å². The number of rotatable bonds is 4. The Hall–Kier alpha value is -2.67. The van der Waals surface area contributed by atoms with E-state index in [2.05, 4.69) is 15.7 Å². The molecule has 0 radical (unpaired) electrons. The quantitative estimate of drug-likeness (QED) is 0.822. The highest BCUT2D eigenvalue weighted by Gasteiger charge is 2.35. The standard InChI is InChI=1S/C18H22N4O3/c1-11-5-4-6-15(16(11)18(24)25-3)21-17(23)14-9-19-8-13(14)12-7-20-22(2)10-12/h4-7,10,13-14,19H,8-9H2,1-3H3,(H,21,23)/t13-,14+/m1/s1. The Bertz CT molecular complexity index is 799. The Kier molecular flexibility index (Phi) is 4.85. The average Bonchev–Trinajstić information content (AvgIpc) is 3.23. The van der Waals surface area contributed by atoms with Crippen molar-refractivity contribution in [3.63, 3.8) is 0 Å². The molecule has 0 saturated carbocycles. The molecule has 7 nitrogen and oxygen atoms in total. The molecule has 1 aromatic heterocycles. The second-order valence-corrected chi connectivity index (χ2v) is 6.30. The van der Waals surface area contributed by atoms with Crippen molar-refractivity contribution >= 4 is 17.6 Å². The molecule has 0 unspecified atom stereocenters. The lowest BCUT2D eigenvalue weighted by molar-refractivity contribution is -0.119. The summed E-state index contributed by atoms with van der Waals surface area (Å²) in [5, 5.41) is 10.4. The minimum Gasteiger partial charge on any atom is -0.465 e. The van der Waals surface area contributed by atoms with E-state index < -0.39 is 5.97 Å². The van der Waals surface area contributed by atoms with Crippen molar-refractivity contribution < 1.29 is 14.3 Å². The molecule has 3 rings (SSSR count). The molecule has 7 heteroatoms. The fraction of sp³-hybridized carbons (Fsp3) is 0.389. The third kappa shape index (κ3) is 3.41. The van der Waals surface area contributed by atoms with E-state index in [1.54, 1.807) is 16.9 Å². The van der Waals surface area contributed by atoms with Gasteiger partial charge in [-0.1, -0.05) is 12.1 Å². The topological polar surface area (TPSA) is 85.2 Å². The number of nitrogens with one attached hydrogen (secondary N) is 2. The van der Waals surface area contributed by atoms with Crippen molar-refractivity contribution in [3.05, 3.63) is 47.3 Å². The predicted octanol–water partition coefficient (Wildman–Crippen LogP) is 1.46. The molecule has 2 heterocycles. The maximum atomic E-state index is 12.8. The largest absolute Gasteiger partial charge is 0.465 e. The normalized spacial score (nSPS) is 19.6. The van der Waals surface area contributed by atoms with Gasteiger partial charge in [-0.3, -0.25) is 9.48 Å². The number of carbonyl (C=O) groups excluding carboxylic acids is 2. The van der Waals surface area contributed by atoms with Crippen LogP contribution in [0.3, 0.4) is 0 Å². The second kappa shape index (κ2) is 7.06. The van der Waals surface area contributed by atoms with Crippen LogP contribution >= 0.6 is 0 Å². The van der Waals surface area contributed by atoms with Gasteiger partial charge in [0.25, 0.3) is 0 Å². The van der Waals surface area contributed by atoms with Gasteiger partial charge in [-0.15, -0.1) is 0 Å². The molecular weight excluding hydrogens is 320 g/mol. The summed E-state index contributed by atoms with van der Waals surface area (Å²) >= 11 is 0. The van der Waals surface area contributed by atoms with Crippen LogP contribution < -0.4 is 10.6 Å². The number of hydrogen-bond donors (Lipinski definition) is 2. The lowest BCUT2D eigenvalue weighted by Crippen LogP contribution is -2.29. The molecule has 25 heavy (non-hydrogen) atoms. The fourth-order valence-corrected chi connectivity index (χ4v) is 3.31. The van der Waals surface area contributed by atoms with Gasteiger partial charge in [-0.2, -0.15) is 5.10 Å². The van der Waals surface area contributed by atoms with Crippen molar-refractivity contribution in [2.24, 2.45) is 13.0 Å². The van der Waals surface area contributed by atoms with Crippen molar-refractivity contribution in [2.45, 2.75) is 12.8 Å². The first-order valence-corrected chi connectivity index (χ1v) is 8.19. The summed E-state index contributed by atoms with van der Waals surface area (Å²) in [7, 11) is 3.19. The van der Waals surface area contributed by atoms with Crippen LogP contribution in [0.2, 0.25) is 0 Å². The van der Waals surface area contributed by atoms with E-state index in [1.807, 2.05) is 32.3 Å². The SMILES string of the molecule is COC(=O)c1c(C)cccc1NC(=O)[C@H]1CNC[C@@H]1c1cnn(C)c1. The first-order chi connectivity index (χ1) is 12.0. The Morgan fingerprint density at radius 1 is 1.36 bits per heavy atom. The fourth-order valence-electron chi connectivity index (χ4n) is 3.31. The van der Waals surface area contributed by atoms with Gasteiger partial charge in [0.1, 0.15) is 0 Å². The number of ether oxygens (including phenoxy) is 1. The van der Waals surface area contributed by atoms with E-state index in [-0.39, 0.29) is 17.7 Å². The van der Waals surface area contributed by atoms with E-state index in [4.69, 9.17) is 4.74 Å². The van der Waals surface area contributed by atoms with Gasteiger partial charge in [0, 0.05) is 32.3 Å². The van der Waals surface area contributed by atoms with Crippen LogP contribution in [0.4, 0.5) is 5.69 Å². The molecule has 0 aliphatic carbocycles. The van der Waals surface area contributed by atoms with Crippen LogP contribution in [0.5, 0.6) is 0 Å². The second-order valence-electron chi connectivity index (χ2n) is 6.30. The third-order valence-electron chi connectivity index (χ3n) is 4.62. The minimum atomic E-state index is -0.457. The van der Waals surface area contributed by atoms with Gasteiger partial charge in [-0.05, 0) is 24.1 Å². The van der Waals surface area contributed by atoms with Crippen LogP contribution in [0.15, 0.2) is 30.6 Å². The van der Waals surface area contributed by atoms with Crippen LogP contribution in [0.1, 0.15) is 27.4 Å². The average molecular weight is 342 g/mol. The number of methoxy groups -OCH3 is 1. The summed E-state index contributed by atoms with van der Waals surface area (Å²) in [6.07, 6.45) is 3.73. The zero-order chi connectivity index (χ0) is 18.0. The lowest BCUT2D eigenvalue weighted by Gasteiger charge is -2.18. The molecule has 132 valence electrons. The summed E-state index contributed by atoms with van der Waals surface area (Å²) in [5.74, 6) is -0.744. The van der Waals surface area contributed by atoms with Crippen LogP contribution in [0, 0.1) is 12.8 Å². The minimum absolute atomic E-state index is 0.0556. The molecule has 1 aliphatic heterocycles. The predicted molar refractivity (Wildman–Crippen MR) is 93.5 cm³/mol. The van der Waals surface area contributed by atoms with Crippen LogP contribution in [-0.4, -0.2) is 41.9 Å². The monoisotopic (exact) mass is 342 g/mol. The van der Waals surface area contributed by atoms with Crippen molar-refractivity contribution in [2.75, 3.05) is 25.5 Å². The lowest BCUT2D eigenvalue weighted by atomic mass is 9.90. The molecule has 1 saturated heterocycles. The molecule has 1 aromatic carbocycles. The highest BCUT2D eigenvalue weighted by molar-refractivity contribution is 6.03. The highest BCUT2D eigenvalue weighted by Crippen LogP contribution is 2.30. The van der Waals surface area contributed by atoms with Gasteiger partial charge in [0.15, 0.2) is 0 Å². The van der Waals surface area contributed by atoms with E-state index >= 15 is 0 Å². The van der Waals surface area contributed by atoms with E-state index in [0.717, 1.165) is 17.7 Å². The zero-order valence-corrected chi connectivity index (χ0v) is 14.6. The summed E-state index contributed by atoms with van der Waals surface area (Å²) in [4.78, 5) is 24.9. The third-order valence-corrected chi connectivity index (χ3v) is 4.62. The van der Waals surface area contributed by atoms with Gasteiger partial charge in [0.05, 0.1) is 30.5 Å². The molecule has 0 bridgehead atoms. The summed E-state index contributed by atoms with van der Waals surface area (Å²) in [6.45, 7) is 3.13. The number of benzene rings is 1. The molecule has 2 N–H and O–H groups in total. The Labute approximate surface area is 146 Å². The number of esters is 1. The Morgan fingerprint density at radius 2 is 2.16 bits per heavy atom. The van der Waals surface area contributed by atoms with Gasteiger partial charge in [-0.25, -0.2) is 4.79 Å². The smallest absolute Gasteiger partial charge is 0.340 e. The van der Waals surface area contributed by atoms with Crippen molar-refractivity contribution in [1.82, 2.24) is 15.1 Å². The molecule has 2 aromatic rings. The molecule has 1 amide bonds. The maximum absolute atomic E-state index is 12.8. The number of nitrogens with zero attached hydrogens (tertiary/aromatic N) is 2. The van der Waals surface area contributed by atoms with Gasteiger partial charge < -0.3 is 15.4 Å². The van der Waals surface area contributed by atoms with E-state index in [0.29, 0.717) is 17.8 Å². The van der Waals surface area contributed by atoms with Crippen molar-refractivity contribution in [3.8, 4) is 0 Å². The maximum Gasteiger partial charge on any atom is 0.340 e. The number of amides is 1. The highest BCUT2D eigenvalue weighted by atomic mass is 16.5. The van der Waals surface area contributed by atoms with Crippen molar-refractivity contribution in [1.29, 1.82) is 0 Å². The molecule has 2 atom stereocenters. The molecule has 1 fully saturated rings. The van der Waals surface area contributed by atoms with E-state index in [1.165, 1.54) is 7.11 Å². The number of aryl methyl sites for hydroxylation is 2. The molecular formula is C18H22N4O3. The Balaban J connectivity index is 1.83. The Morgan fingerprint density at radius 3 is 2.84 bits per heavy atom. The van der Waals surface area contributed by atoms with Crippen LogP contribution in [-0.2, 0) is 16.6 Å². The first-order valence-electron chi connectivity index (χ1n) is 8.19. The summed E-state index contributed by atoms with van der Waals surface area (Å²) < 4.78 is 6.58. The first kappa shape index (κ1) is 17.2. The summed E-state index contributed by atoms with van der Waals surface area (Å²) in [5.41, 5.74) is 2.67. The number of hydrogen-bond acceptors (Lipinski definition) is 5. The van der Waals surface area contributed by atoms with Crippen LogP contribution in [0.25, 0.3) is 0 Å². The number of carbonyl (C=O) groups is 2. The summed E-state index contributed by atoms with van der Waals surface area (Å²) in [6, 6.07) is 5.35.